The molecule has 0 N–H and O–H groups in total. The van der Waals surface area contributed by atoms with Crippen molar-refractivity contribution in [2.24, 2.45) is 10.9 Å². The van der Waals surface area contributed by atoms with Crippen LogP contribution < -0.4 is 14.2 Å². The Hall–Kier alpha value is -3.59. The van der Waals surface area contributed by atoms with Crippen LogP contribution in [0.15, 0.2) is 58.7 Å². The molecular formula is C25H22N2O4. The minimum Gasteiger partial charge on any atom is -0.497 e. The quantitative estimate of drug-likeness (QED) is 0.737. The number of allylic oxidation sites excluding steroid dienone is 2. The lowest BCUT2D eigenvalue weighted by Crippen LogP contribution is -2.32. The number of nitrogens with zero attached hydrogens (tertiary/aromatic N) is 2. The third kappa shape index (κ3) is 3.27. The minimum atomic E-state index is -0.486. The molecule has 2 aliphatic heterocycles. The molecule has 156 valence electrons. The van der Waals surface area contributed by atoms with Gasteiger partial charge in [-0.25, -0.2) is 0 Å². The van der Waals surface area contributed by atoms with Gasteiger partial charge in [-0.05, 0) is 54.7 Å². The Kier molecular flexibility index (Phi) is 4.74. The summed E-state index contributed by atoms with van der Waals surface area (Å²) in [7, 11) is 1.64. The van der Waals surface area contributed by atoms with Crippen molar-refractivity contribution in [3.8, 4) is 23.3 Å². The number of carbonyl (C=O) groups excluding carboxylic acids is 1. The molecule has 0 saturated carbocycles. The first kappa shape index (κ1) is 19.4. The van der Waals surface area contributed by atoms with E-state index < -0.39 is 5.92 Å². The first-order valence-corrected chi connectivity index (χ1v) is 10.3. The molecule has 6 nitrogen and oxygen atoms in total. The molecule has 0 radical (unpaired) electrons. The number of carbonyl (C=O) groups is 1. The van der Waals surface area contributed by atoms with Crippen LogP contribution in [0.25, 0.3) is 0 Å². The molecule has 1 aliphatic carbocycles. The number of Topliss-reactive ketones (excluding diaryl/α,β-unsaturated/α-hetero) is 1. The van der Waals surface area contributed by atoms with Gasteiger partial charge in [0.2, 0.25) is 6.79 Å². The van der Waals surface area contributed by atoms with Gasteiger partial charge >= 0.3 is 0 Å². The summed E-state index contributed by atoms with van der Waals surface area (Å²) in [6.07, 6.45) is 1.07. The number of fused-ring (bicyclic) bond motifs is 1. The SMILES string of the molecule is COc1ccc([C@@H]2CC(=O)C3=C(C2)N=C(C)C(C#N)[C@H]3c2ccc3c(c2)OCO3)cc1. The third-order valence-electron chi connectivity index (χ3n) is 6.37. The van der Waals surface area contributed by atoms with E-state index in [4.69, 9.17) is 19.2 Å². The molecule has 0 fully saturated rings. The Balaban J connectivity index is 1.55. The number of aliphatic imine (C=N–C) groups is 1. The van der Waals surface area contributed by atoms with Crippen LogP contribution in [0.1, 0.15) is 42.7 Å². The highest BCUT2D eigenvalue weighted by Crippen LogP contribution is 2.48. The Morgan fingerprint density at radius 1 is 1.06 bits per heavy atom. The molecule has 0 saturated heterocycles. The first-order chi connectivity index (χ1) is 15.1. The lowest BCUT2D eigenvalue weighted by Gasteiger charge is -2.35. The van der Waals surface area contributed by atoms with E-state index in [-0.39, 0.29) is 24.4 Å². The fraction of sp³-hybridized carbons (Fsp3) is 0.320. The van der Waals surface area contributed by atoms with Crippen molar-refractivity contribution in [1.29, 1.82) is 5.26 Å². The summed E-state index contributed by atoms with van der Waals surface area (Å²) in [5.41, 5.74) is 4.18. The van der Waals surface area contributed by atoms with Gasteiger partial charge in [0, 0.05) is 29.3 Å². The van der Waals surface area contributed by atoms with Gasteiger partial charge in [-0.15, -0.1) is 0 Å². The van der Waals surface area contributed by atoms with Crippen LogP contribution in [0.3, 0.4) is 0 Å². The van der Waals surface area contributed by atoms with Crippen molar-refractivity contribution >= 4 is 11.5 Å². The molecule has 2 aromatic rings. The average molecular weight is 414 g/mol. The van der Waals surface area contributed by atoms with E-state index >= 15 is 0 Å². The topological polar surface area (TPSA) is 80.9 Å². The van der Waals surface area contributed by atoms with E-state index in [0.717, 1.165) is 28.3 Å². The van der Waals surface area contributed by atoms with Crippen molar-refractivity contribution in [1.82, 2.24) is 0 Å². The highest BCUT2D eigenvalue weighted by molar-refractivity contribution is 6.03. The molecule has 3 atom stereocenters. The molecule has 3 aliphatic rings. The van der Waals surface area contributed by atoms with Crippen molar-refractivity contribution < 1.29 is 19.0 Å². The van der Waals surface area contributed by atoms with Gasteiger partial charge in [-0.1, -0.05) is 18.2 Å². The van der Waals surface area contributed by atoms with E-state index in [1.807, 2.05) is 49.4 Å². The number of rotatable bonds is 3. The Morgan fingerprint density at radius 2 is 1.81 bits per heavy atom. The highest BCUT2D eigenvalue weighted by atomic mass is 16.7. The van der Waals surface area contributed by atoms with Crippen molar-refractivity contribution in [3.05, 3.63) is 64.9 Å². The second-order valence-electron chi connectivity index (χ2n) is 8.11. The maximum absolute atomic E-state index is 13.4. The molecule has 2 aromatic carbocycles. The largest absolute Gasteiger partial charge is 0.497 e. The zero-order valence-electron chi connectivity index (χ0n) is 17.4. The van der Waals surface area contributed by atoms with Gasteiger partial charge in [0.05, 0.1) is 19.1 Å². The summed E-state index contributed by atoms with van der Waals surface area (Å²) in [5.74, 6) is 1.40. The second kappa shape index (κ2) is 7.59. The predicted molar refractivity (Wildman–Crippen MR) is 115 cm³/mol. The Morgan fingerprint density at radius 3 is 2.55 bits per heavy atom. The monoisotopic (exact) mass is 414 g/mol. The molecule has 0 amide bonds. The molecule has 6 heteroatoms. The summed E-state index contributed by atoms with van der Waals surface area (Å²) in [5, 5.41) is 9.91. The van der Waals surface area contributed by atoms with E-state index in [0.29, 0.717) is 29.9 Å². The van der Waals surface area contributed by atoms with Gasteiger partial charge in [0.15, 0.2) is 17.3 Å². The molecular weight excluding hydrogens is 392 g/mol. The normalized spacial score (nSPS) is 24.4. The van der Waals surface area contributed by atoms with Crippen LogP contribution in [0.5, 0.6) is 17.2 Å². The Labute approximate surface area is 180 Å². The summed E-state index contributed by atoms with van der Waals surface area (Å²) in [6.45, 7) is 2.06. The summed E-state index contributed by atoms with van der Waals surface area (Å²) in [6, 6.07) is 15.9. The number of methoxy groups -OCH3 is 1. The number of hydrogen-bond acceptors (Lipinski definition) is 6. The van der Waals surface area contributed by atoms with Gasteiger partial charge < -0.3 is 14.2 Å². The number of benzene rings is 2. The van der Waals surface area contributed by atoms with Crippen LogP contribution in [0, 0.1) is 17.2 Å². The van der Waals surface area contributed by atoms with Crippen LogP contribution in [-0.4, -0.2) is 25.4 Å². The van der Waals surface area contributed by atoms with E-state index in [1.165, 1.54) is 0 Å². The molecule has 0 spiro atoms. The maximum Gasteiger partial charge on any atom is 0.231 e. The first-order valence-electron chi connectivity index (χ1n) is 10.3. The summed E-state index contributed by atoms with van der Waals surface area (Å²) in [4.78, 5) is 18.1. The number of ether oxygens (including phenoxy) is 3. The van der Waals surface area contributed by atoms with E-state index in [1.54, 1.807) is 7.11 Å². The van der Waals surface area contributed by atoms with E-state index in [2.05, 4.69) is 6.07 Å². The Bertz CT molecular complexity index is 1160. The molecule has 31 heavy (non-hydrogen) atoms. The van der Waals surface area contributed by atoms with E-state index in [9.17, 15) is 10.1 Å². The van der Waals surface area contributed by atoms with Crippen LogP contribution in [0.4, 0.5) is 0 Å². The predicted octanol–water partition coefficient (Wildman–Crippen LogP) is 4.52. The molecule has 2 heterocycles. The average Bonchev–Trinajstić information content (AvgIpc) is 3.26. The number of nitriles is 1. The minimum absolute atomic E-state index is 0.0567. The van der Waals surface area contributed by atoms with Crippen molar-refractivity contribution in [2.45, 2.75) is 31.6 Å². The highest BCUT2D eigenvalue weighted by Gasteiger charge is 2.41. The summed E-state index contributed by atoms with van der Waals surface area (Å²) < 4.78 is 16.2. The fourth-order valence-corrected chi connectivity index (χ4v) is 4.80. The van der Waals surface area contributed by atoms with Crippen LogP contribution >= 0.6 is 0 Å². The summed E-state index contributed by atoms with van der Waals surface area (Å²) >= 11 is 0. The fourth-order valence-electron chi connectivity index (χ4n) is 4.80. The second-order valence-corrected chi connectivity index (χ2v) is 8.11. The van der Waals surface area contributed by atoms with Crippen LogP contribution in [0.2, 0.25) is 0 Å². The number of hydrogen-bond donors (Lipinski definition) is 0. The van der Waals surface area contributed by atoms with Gasteiger partial charge in [-0.3, -0.25) is 9.79 Å². The smallest absolute Gasteiger partial charge is 0.231 e. The van der Waals surface area contributed by atoms with Crippen LogP contribution in [-0.2, 0) is 4.79 Å². The number of ketones is 1. The van der Waals surface area contributed by atoms with Gasteiger partial charge in [0.25, 0.3) is 0 Å². The zero-order chi connectivity index (χ0) is 21.5. The molecule has 0 aromatic heterocycles. The molecule has 5 rings (SSSR count). The zero-order valence-corrected chi connectivity index (χ0v) is 17.4. The lowest BCUT2D eigenvalue weighted by molar-refractivity contribution is -0.116. The standard InChI is InChI=1S/C25H22N2O4/c1-14-19(12-26)24(16-5-8-22-23(11-16)31-13-30-22)25-20(27-14)9-17(10-21(25)28)15-3-6-18(29-2)7-4-15/h3-8,11,17,19,24H,9-10,13H2,1-2H3/t17-,19?,24+/m0/s1. The maximum atomic E-state index is 13.4. The van der Waals surface area contributed by atoms with Crippen molar-refractivity contribution in [3.63, 3.8) is 0 Å². The van der Waals surface area contributed by atoms with Crippen molar-refractivity contribution in [2.75, 3.05) is 13.9 Å². The third-order valence-corrected chi connectivity index (χ3v) is 6.37. The van der Waals surface area contributed by atoms with Gasteiger partial charge in [0.1, 0.15) is 5.75 Å². The van der Waals surface area contributed by atoms with Gasteiger partial charge in [-0.2, -0.15) is 5.26 Å². The molecule has 1 unspecified atom stereocenters. The molecule has 0 bridgehead atoms. The lowest BCUT2D eigenvalue weighted by atomic mass is 9.69.